The van der Waals surface area contributed by atoms with E-state index in [2.05, 4.69) is 4.40 Å². The molecule has 0 saturated heterocycles. The molecular formula is C24H22Cl2N4O2S. The van der Waals surface area contributed by atoms with Gasteiger partial charge >= 0.3 is 0 Å². The molecule has 0 saturated carbocycles. The molecule has 0 fully saturated rings. The Bertz CT molecular complexity index is 1290. The van der Waals surface area contributed by atoms with Crippen LogP contribution in [-0.4, -0.2) is 50.6 Å². The lowest BCUT2D eigenvalue weighted by Crippen LogP contribution is -2.37. The van der Waals surface area contributed by atoms with Crippen molar-refractivity contribution in [2.45, 2.75) is 10.8 Å². The van der Waals surface area contributed by atoms with Crippen molar-refractivity contribution in [1.29, 1.82) is 0 Å². The van der Waals surface area contributed by atoms with Crippen LogP contribution in [0.25, 0.3) is 0 Å². The smallest absolute Gasteiger partial charge is 0.285 e. The summed E-state index contributed by atoms with van der Waals surface area (Å²) < 4.78 is 30.1. The Morgan fingerprint density at radius 3 is 2.09 bits per heavy atom. The first-order valence-electron chi connectivity index (χ1n) is 10.2. The van der Waals surface area contributed by atoms with E-state index in [1.54, 1.807) is 24.0 Å². The second-order valence-corrected chi connectivity index (χ2v) is 10.2. The molecule has 0 spiro atoms. The van der Waals surface area contributed by atoms with Gasteiger partial charge in [-0.3, -0.25) is 0 Å². The van der Waals surface area contributed by atoms with Gasteiger partial charge in [-0.2, -0.15) is 13.5 Å². The number of sulfonamides is 1. The van der Waals surface area contributed by atoms with Crippen molar-refractivity contribution in [2.75, 3.05) is 20.6 Å². The van der Waals surface area contributed by atoms with Crippen molar-refractivity contribution in [3.8, 4) is 0 Å². The first-order valence-corrected chi connectivity index (χ1v) is 12.4. The number of nitrogens with zero attached hydrogens (tertiary/aromatic N) is 4. The van der Waals surface area contributed by atoms with Gasteiger partial charge < -0.3 is 4.90 Å². The van der Waals surface area contributed by atoms with Crippen LogP contribution in [-0.2, 0) is 10.0 Å². The van der Waals surface area contributed by atoms with Crippen LogP contribution in [0.3, 0.4) is 0 Å². The lowest BCUT2D eigenvalue weighted by Gasteiger charge is -2.23. The lowest BCUT2D eigenvalue weighted by atomic mass is 9.91. The van der Waals surface area contributed by atoms with E-state index < -0.39 is 10.0 Å². The van der Waals surface area contributed by atoms with Crippen LogP contribution in [0.2, 0.25) is 10.0 Å². The van der Waals surface area contributed by atoms with Crippen LogP contribution in [0.5, 0.6) is 0 Å². The second-order valence-electron chi connectivity index (χ2n) is 7.75. The number of rotatable bonds is 4. The summed E-state index contributed by atoms with van der Waals surface area (Å²) >= 11 is 12.0. The third-order valence-electron chi connectivity index (χ3n) is 5.20. The van der Waals surface area contributed by atoms with E-state index in [1.165, 1.54) is 24.3 Å². The Morgan fingerprint density at radius 1 is 0.939 bits per heavy atom. The zero-order valence-corrected chi connectivity index (χ0v) is 20.4. The van der Waals surface area contributed by atoms with Crippen LogP contribution in [0.1, 0.15) is 17.0 Å². The largest absolute Gasteiger partial charge is 0.347 e. The van der Waals surface area contributed by atoms with Gasteiger partial charge in [0, 0.05) is 30.1 Å². The maximum atomic E-state index is 13.0. The Balaban J connectivity index is 1.77. The van der Waals surface area contributed by atoms with Crippen LogP contribution in [0, 0.1) is 0 Å². The Labute approximate surface area is 203 Å². The Kier molecular flexibility index (Phi) is 6.74. The SMILES string of the molecule is CN(C)C(=NS(=O)(=O)c1ccc(Cl)cc1)N1CC(c2ccccc2)C(c2ccc(Cl)cc2)=N1. The summed E-state index contributed by atoms with van der Waals surface area (Å²) in [5.74, 6) is 0.144. The summed E-state index contributed by atoms with van der Waals surface area (Å²) in [7, 11) is -0.490. The summed E-state index contributed by atoms with van der Waals surface area (Å²) in [5.41, 5.74) is 2.80. The predicted octanol–water partition coefficient (Wildman–Crippen LogP) is 5.10. The van der Waals surface area contributed by atoms with E-state index in [0.717, 1.165) is 16.8 Å². The quantitative estimate of drug-likeness (QED) is 0.369. The van der Waals surface area contributed by atoms with E-state index in [-0.39, 0.29) is 16.8 Å². The molecule has 1 aliphatic rings. The zero-order valence-electron chi connectivity index (χ0n) is 18.1. The molecule has 4 rings (SSSR count). The van der Waals surface area contributed by atoms with E-state index >= 15 is 0 Å². The fraction of sp³-hybridized carbons (Fsp3) is 0.167. The molecular weight excluding hydrogens is 479 g/mol. The lowest BCUT2D eigenvalue weighted by molar-refractivity contribution is 0.404. The normalized spacial score (nSPS) is 16.6. The molecule has 170 valence electrons. The summed E-state index contributed by atoms with van der Waals surface area (Å²) in [6.45, 7) is 0.440. The predicted molar refractivity (Wildman–Crippen MR) is 134 cm³/mol. The van der Waals surface area contributed by atoms with Crippen LogP contribution in [0.15, 0.2) is 93.3 Å². The first-order chi connectivity index (χ1) is 15.7. The number of benzene rings is 3. The van der Waals surface area contributed by atoms with E-state index in [1.807, 2.05) is 54.6 Å². The van der Waals surface area contributed by atoms with Crippen molar-refractivity contribution in [2.24, 2.45) is 9.50 Å². The molecule has 6 nitrogen and oxygen atoms in total. The topological polar surface area (TPSA) is 65.3 Å². The van der Waals surface area contributed by atoms with Crippen LogP contribution in [0.4, 0.5) is 0 Å². The van der Waals surface area contributed by atoms with Gasteiger partial charge in [-0.1, -0.05) is 65.7 Å². The van der Waals surface area contributed by atoms with Crippen molar-refractivity contribution >= 4 is 44.9 Å². The molecule has 1 heterocycles. The zero-order chi connectivity index (χ0) is 23.6. The molecule has 0 bridgehead atoms. The fourth-order valence-corrected chi connectivity index (χ4v) is 4.89. The highest BCUT2D eigenvalue weighted by Crippen LogP contribution is 2.30. The molecule has 0 aromatic heterocycles. The second kappa shape index (κ2) is 9.55. The Morgan fingerprint density at radius 2 is 1.52 bits per heavy atom. The van der Waals surface area contributed by atoms with Gasteiger partial charge in [-0.25, -0.2) is 5.01 Å². The average molecular weight is 501 g/mol. The molecule has 33 heavy (non-hydrogen) atoms. The van der Waals surface area contributed by atoms with Crippen LogP contribution < -0.4 is 0 Å². The minimum atomic E-state index is -3.97. The molecule has 1 atom stereocenters. The van der Waals surface area contributed by atoms with E-state index in [4.69, 9.17) is 28.3 Å². The minimum absolute atomic E-state index is 0.0620. The molecule has 3 aromatic rings. The van der Waals surface area contributed by atoms with Gasteiger partial charge in [0.15, 0.2) is 0 Å². The van der Waals surface area contributed by atoms with Crippen molar-refractivity contribution in [3.05, 3.63) is 100 Å². The summed E-state index contributed by atoms with van der Waals surface area (Å²) in [6.07, 6.45) is 0. The third kappa shape index (κ3) is 5.21. The van der Waals surface area contributed by atoms with Gasteiger partial charge in [0.05, 0.1) is 17.2 Å². The summed E-state index contributed by atoms with van der Waals surface area (Å²) in [6, 6.07) is 23.4. The van der Waals surface area contributed by atoms with E-state index in [9.17, 15) is 8.42 Å². The van der Waals surface area contributed by atoms with Gasteiger partial charge in [0.2, 0.25) is 5.96 Å². The van der Waals surface area contributed by atoms with Gasteiger partial charge in [0.1, 0.15) is 0 Å². The van der Waals surface area contributed by atoms with Gasteiger partial charge in [-0.05, 0) is 47.5 Å². The average Bonchev–Trinajstić information content (AvgIpc) is 3.24. The fourth-order valence-electron chi connectivity index (χ4n) is 3.58. The number of halogens is 2. The monoisotopic (exact) mass is 500 g/mol. The summed E-state index contributed by atoms with van der Waals surface area (Å²) in [4.78, 5) is 1.70. The minimum Gasteiger partial charge on any atom is -0.347 e. The van der Waals surface area contributed by atoms with Crippen LogP contribution >= 0.6 is 23.2 Å². The molecule has 3 aromatic carbocycles. The molecule has 0 N–H and O–H groups in total. The maximum absolute atomic E-state index is 13.0. The molecule has 1 unspecified atom stereocenters. The standard InChI is InChI=1S/C24H22Cl2N4O2S/c1-29(2)24(28-33(31,32)21-14-12-20(26)13-15-21)30-16-22(17-6-4-3-5-7-17)23(27-30)18-8-10-19(25)11-9-18/h3-15,22H,16H2,1-2H3. The van der Waals surface area contributed by atoms with Gasteiger partial charge in [-0.15, -0.1) is 4.40 Å². The number of hydrazone groups is 1. The Hall–Kier alpha value is -2.87. The van der Waals surface area contributed by atoms with E-state index in [0.29, 0.717) is 16.6 Å². The van der Waals surface area contributed by atoms with Crippen molar-refractivity contribution in [1.82, 2.24) is 9.91 Å². The molecule has 9 heteroatoms. The van der Waals surface area contributed by atoms with Crippen molar-refractivity contribution in [3.63, 3.8) is 0 Å². The number of hydrogen-bond acceptors (Lipinski definition) is 3. The van der Waals surface area contributed by atoms with Gasteiger partial charge in [0.25, 0.3) is 10.0 Å². The number of guanidine groups is 1. The van der Waals surface area contributed by atoms with Crippen molar-refractivity contribution < 1.29 is 8.42 Å². The maximum Gasteiger partial charge on any atom is 0.285 e. The number of hydrogen-bond donors (Lipinski definition) is 0. The third-order valence-corrected chi connectivity index (χ3v) is 6.98. The highest BCUT2D eigenvalue weighted by atomic mass is 35.5. The molecule has 0 amide bonds. The first kappa shape index (κ1) is 23.3. The summed E-state index contributed by atoms with van der Waals surface area (Å²) in [5, 5.41) is 7.53. The molecule has 0 radical (unpaired) electrons. The highest BCUT2D eigenvalue weighted by Gasteiger charge is 2.33. The molecule has 1 aliphatic heterocycles. The highest BCUT2D eigenvalue weighted by molar-refractivity contribution is 7.90. The molecule has 0 aliphatic carbocycles.